The highest BCUT2D eigenvalue weighted by atomic mass is 32.2. The summed E-state index contributed by atoms with van der Waals surface area (Å²) in [6.07, 6.45) is 1.77. The Bertz CT molecular complexity index is 1260. The number of hydrogen-bond acceptors (Lipinski definition) is 5. The number of carbonyl (C=O) groups excluding carboxylic acids is 1. The molecular formula is C28H30N4O2S. The summed E-state index contributed by atoms with van der Waals surface area (Å²) in [5.74, 6) is 2.44. The van der Waals surface area contributed by atoms with E-state index in [4.69, 9.17) is 4.74 Å². The van der Waals surface area contributed by atoms with Crippen molar-refractivity contribution in [3.8, 4) is 11.4 Å². The Morgan fingerprint density at radius 2 is 1.77 bits per heavy atom. The molecule has 35 heavy (non-hydrogen) atoms. The Labute approximate surface area is 210 Å². The van der Waals surface area contributed by atoms with Crippen molar-refractivity contribution in [1.82, 2.24) is 20.1 Å². The minimum Gasteiger partial charge on any atom is -0.497 e. The fraction of sp³-hybridized carbons (Fsp3) is 0.250. The molecule has 0 saturated carbocycles. The van der Waals surface area contributed by atoms with Gasteiger partial charge in [0.1, 0.15) is 11.6 Å². The topological polar surface area (TPSA) is 69.0 Å². The number of benzene rings is 3. The number of hydrogen-bond donors (Lipinski definition) is 1. The number of methoxy groups -OCH3 is 1. The lowest BCUT2D eigenvalue weighted by Gasteiger charge is -2.12. The minimum atomic E-state index is 0.0374. The predicted octanol–water partition coefficient (Wildman–Crippen LogP) is 5.52. The van der Waals surface area contributed by atoms with Gasteiger partial charge >= 0.3 is 0 Å². The van der Waals surface area contributed by atoms with Gasteiger partial charge < -0.3 is 10.1 Å². The van der Waals surface area contributed by atoms with Gasteiger partial charge in [0.05, 0.1) is 12.8 Å². The zero-order valence-electron chi connectivity index (χ0n) is 20.1. The fourth-order valence-electron chi connectivity index (χ4n) is 3.81. The summed E-state index contributed by atoms with van der Waals surface area (Å²) in [6.45, 7) is 2.64. The molecule has 0 aliphatic carbocycles. The smallest absolute Gasteiger partial charge is 0.220 e. The third-order valence-corrected chi connectivity index (χ3v) is 6.60. The fourth-order valence-corrected chi connectivity index (χ4v) is 4.72. The average molecular weight is 487 g/mol. The van der Waals surface area contributed by atoms with E-state index in [-0.39, 0.29) is 5.91 Å². The van der Waals surface area contributed by atoms with Crippen molar-refractivity contribution in [3.63, 3.8) is 0 Å². The van der Waals surface area contributed by atoms with Crippen LogP contribution in [0.5, 0.6) is 5.75 Å². The zero-order valence-corrected chi connectivity index (χ0v) is 20.9. The van der Waals surface area contributed by atoms with Gasteiger partial charge in [-0.15, -0.1) is 10.2 Å². The minimum absolute atomic E-state index is 0.0374. The number of nitrogens with one attached hydrogen (secondary N) is 1. The lowest BCUT2D eigenvalue weighted by atomic mass is 10.2. The van der Waals surface area contributed by atoms with Crippen LogP contribution in [0.1, 0.15) is 35.4 Å². The molecule has 0 radical (unpaired) electrons. The molecule has 0 aliphatic rings. The maximum Gasteiger partial charge on any atom is 0.220 e. The van der Waals surface area contributed by atoms with Crippen molar-refractivity contribution in [2.75, 3.05) is 7.11 Å². The van der Waals surface area contributed by atoms with Gasteiger partial charge in [0.2, 0.25) is 5.91 Å². The van der Waals surface area contributed by atoms with E-state index in [1.54, 1.807) is 18.9 Å². The molecule has 4 aromatic rings. The number of aromatic nitrogens is 3. The molecule has 0 bridgehead atoms. The summed E-state index contributed by atoms with van der Waals surface area (Å²) in [5.41, 5.74) is 4.52. The largest absolute Gasteiger partial charge is 0.497 e. The number of aryl methyl sites for hydroxylation is 2. The first kappa shape index (κ1) is 24.5. The van der Waals surface area contributed by atoms with Gasteiger partial charge in [0, 0.05) is 31.2 Å². The number of carbonyl (C=O) groups is 1. The second-order valence-corrected chi connectivity index (χ2v) is 9.27. The van der Waals surface area contributed by atoms with Gasteiger partial charge in [-0.25, -0.2) is 0 Å². The van der Waals surface area contributed by atoms with Gasteiger partial charge in [-0.2, -0.15) is 0 Å². The first-order valence-corrected chi connectivity index (χ1v) is 12.7. The van der Waals surface area contributed by atoms with Crippen LogP contribution in [0, 0.1) is 6.92 Å². The molecule has 0 spiro atoms. The first-order chi connectivity index (χ1) is 17.1. The van der Waals surface area contributed by atoms with Gasteiger partial charge in [-0.1, -0.05) is 78.0 Å². The van der Waals surface area contributed by atoms with Crippen LogP contribution < -0.4 is 10.1 Å². The lowest BCUT2D eigenvalue weighted by molar-refractivity contribution is -0.121. The number of ether oxygens (including phenoxy) is 1. The molecule has 1 heterocycles. The zero-order chi connectivity index (χ0) is 24.5. The summed E-state index contributed by atoms with van der Waals surface area (Å²) in [7, 11) is 1.66. The molecule has 1 N–H and O–H groups in total. The van der Waals surface area contributed by atoms with Crippen molar-refractivity contribution >= 4 is 17.7 Å². The van der Waals surface area contributed by atoms with Crippen LogP contribution in [0.4, 0.5) is 0 Å². The highest BCUT2D eigenvalue weighted by Gasteiger charge is 2.16. The number of amides is 1. The molecular weight excluding hydrogens is 456 g/mol. The van der Waals surface area contributed by atoms with Crippen LogP contribution in [0.3, 0.4) is 0 Å². The van der Waals surface area contributed by atoms with E-state index in [1.165, 1.54) is 11.1 Å². The molecule has 4 rings (SSSR count). The lowest BCUT2D eigenvalue weighted by Crippen LogP contribution is -2.22. The highest BCUT2D eigenvalue weighted by molar-refractivity contribution is 7.98. The number of rotatable bonds is 11. The summed E-state index contributed by atoms with van der Waals surface area (Å²) in [5, 5.41) is 12.8. The van der Waals surface area contributed by atoms with E-state index in [2.05, 4.69) is 51.3 Å². The number of thioether (sulfide) groups is 1. The van der Waals surface area contributed by atoms with Gasteiger partial charge in [0.25, 0.3) is 0 Å². The van der Waals surface area contributed by atoms with Crippen LogP contribution in [-0.4, -0.2) is 27.8 Å². The molecule has 1 aromatic heterocycles. The van der Waals surface area contributed by atoms with E-state index in [0.717, 1.165) is 33.7 Å². The van der Waals surface area contributed by atoms with Crippen LogP contribution in [0.15, 0.2) is 84.0 Å². The maximum absolute atomic E-state index is 12.4. The molecule has 0 aliphatic heterocycles. The van der Waals surface area contributed by atoms with Gasteiger partial charge in [-0.05, 0) is 36.6 Å². The van der Waals surface area contributed by atoms with Crippen molar-refractivity contribution in [3.05, 3.63) is 101 Å². The van der Waals surface area contributed by atoms with E-state index < -0.39 is 0 Å². The molecule has 0 unspecified atom stereocenters. The van der Waals surface area contributed by atoms with Crippen molar-refractivity contribution in [2.45, 2.75) is 43.6 Å². The van der Waals surface area contributed by atoms with Crippen molar-refractivity contribution in [1.29, 1.82) is 0 Å². The predicted molar refractivity (Wildman–Crippen MR) is 140 cm³/mol. The quantitative estimate of drug-likeness (QED) is 0.283. The third kappa shape index (κ3) is 6.96. The highest BCUT2D eigenvalue weighted by Crippen LogP contribution is 2.27. The second-order valence-electron chi connectivity index (χ2n) is 8.33. The molecule has 180 valence electrons. The first-order valence-electron chi connectivity index (χ1n) is 11.7. The van der Waals surface area contributed by atoms with E-state index in [9.17, 15) is 4.79 Å². The average Bonchev–Trinajstić information content (AvgIpc) is 3.29. The molecule has 7 heteroatoms. The summed E-state index contributed by atoms with van der Waals surface area (Å²) >= 11 is 1.65. The molecule has 0 fully saturated rings. The Hall–Kier alpha value is -3.58. The Kier molecular flexibility index (Phi) is 8.57. The summed E-state index contributed by atoms with van der Waals surface area (Å²) < 4.78 is 7.51. The summed E-state index contributed by atoms with van der Waals surface area (Å²) in [4.78, 5) is 12.4. The number of nitrogens with zero attached hydrogens (tertiary/aromatic N) is 3. The molecule has 0 saturated heterocycles. The SMILES string of the molecule is COc1cccc(-n2c(CCCC(=O)NCc3ccccc3)nnc2SCc2cccc(C)c2)c1. The van der Waals surface area contributed by atoms with Crippen molar-refractivity contribution in [2.24, 2.45) is 0 Å². The van der Waals surface area contributed by atoms with Gasteiger partial charge in [0.15, 0.2) is 5.16 Å². The molecule has 1 amide bonds. The van der Waals surface area contributed by atoms with Crippen LogP contribution in [0.2, 0.25) is 0 Å². The van der Waals surface area contributed by atoms with E-state index in [1.807, 2.05) is 54.6 Å². The Balaban J connectivity index is 1.44. The third-order valence-electron chi connectivity index (χ3n) is 5.60. The normalized spacial score (nSPS) is 10.8. The maximum atomic E-state index is 12.4. The van der Waals surface area contributed by atoms with Crippen LogP contribution in [-0.2, 0) is 23.5 Å². The molecule has 0 atom stereocenters. The van der Waals surface area contributed by atoms with Crippen LogP contribution >= 0.6 is 11.8 Å². The monoisotopic (exact) mass is 486 g/mol. The van der Waals surface area contributed by atoms with E-state index >= 15 is 0 Å². The Morgan fingerprint density at radius 1 is 0.971 bits per heavy atom. The van der Waals surface area contributed by atoms with Crippen LogP contribution in [0.25, 0.3) is 5.69 Å². The van der Waals surface area contributed by atoms with E-state index in [0.29, 0.717) is 25.8 Å². The Morgan fingerprint density at radius 3 is 2.57 bits per heavy atom. The van der Waals surface area contributed by atoms with Gasteiger partial charge in [-0.3, -0.25) is 9.36 Å². The standard InChI is InChI=1S/C28H30N4O2S/c1-21-9-6-12-23(17-21)20-35-28-31-30-26(32(28)24-13-7-14-25(18-24)34-2)15-8-16-27(33)29-19-22-10-4-3-5-11-22/h3-7,9-14,17-18H,8,15-16,19-20H2,1-2H3,(H,29,33). The second kappa shape index (κ2) is 12.2. The molecule has 6 nitrogen and oxygen atoms in total. The summed E-state index contributed by atoms with van der Waals surface area (Å²) in [6, 6.07) is 26.3. The van der Waals surface area contributed by atoms with Crippen molar-refractivity contribution < 1.29 is 9.53 Å². The molecule has 3 aromatic carbocycles.